The van der Waals surface area contributed by atoms with Crippen LogP contribution in [0.1, 0.15) is 48.8 Å². The number of hydrogen-bond donors (Lipinski definition) is 1. The van der Waals surface area contributed by atoms with Gasteiger partial charge < -0.3 is 5.32 Å². The van der Waals surface area contributed by atoms with E-state index in [4.69, 9.17) is 11.6 Å². The zero-order chi connectivity index (χ0) is 15.4. The molecule has 1 aromatic carbocycles. The zero-order valence-corrected chi connectivity index (χ0v) is 14.0. The molecule has 2 rings (SSSR count). The number of aromatic nitrogens is 2. The third kappa shape index (κ3) is 3.66. The maximum absolute atomic E-state index is 6.31. The second-order valence-corrected chi connectivity index (χ2v) is 5.83. The topological polar surface area (TPSA) is 29.9 Å². The van der Waals surface area contributed by atoms with Crippen molar-refractivity contribution < 1.29 is 0 Å². The van der Waals surface area contributed by atoms with Crippen molar-refractivity contribution in [3.05, 3.63) is 51.8 Å². The molecule has 0 fully saturated rings. The maximum Gasteiger partial charge on any atom is 0.0748 e. The Morgan fingerprint density at radius 1 is 1.24 bits per heavy atom. The molecule has 0 bridgehead atoms. The first-order valence-corrected chi connectivity index (χ1v) is 7.98. The smallest absolute Gasteiger partial charge is 0.0748 e. The molecule has 1 aromatic heterocycles. The van der Waals surface area contributed by atoms with Crippen LogP contribution in [0.3, 0.4) is 0 Å². The Morgan fingerprint density at radius 3 is 2.62 bits per heavy atom. The van der Waals surface area contributed by atoms with E-state index in [2.05, 4.69) is 53.2 Å². The lowest BCUT2D eigenvalue weighted by Gasteiger charge is -2.20. The van der Waals surface area contributed by atoms with Gasteiger partial charge in [-0.2, -0.15) is 5.10 Å². The standard InChI is InChI=1S/C17H24ClN3/c1-5-9-19-17(14-8-7-12(3)15(18)11-14)16-10-13(4)20-21(16)6-2/h7-8,10-11,17,19H,5-6,9H2,1-4H3. The van der Waals surface area contributed by atoms with Gasteiger partial charge in [0.1, 0.15) is 0 Å². The van der Waals surface area contributed by atoms with Crippen LogP contribution in [0.25, 0.3) is 0 Å². The average Bonchev–Trinajstić information content (AvgIpc) is 2.84. The number of halogens is 1. The molecule has 0 saturated heterocycles. The number of benzene rings is 1. The maximum atomic E-state index is 6.31. The molecule has 0 radical (unpaired) electrons. The highest BCUT2D eigenvalue weighted by Gasteiger charge is 2.19. The highest BCUT2D eigenvalue weighted by atomic mass is 35.5. The minimum atomic E-state index is 0.129. The SMILES string of the molecule is CCCNC(c1ccc(C)c(Cl)c1)c1cc(C)nn1CC. The molecule has 114 valence electrons. The molecule has 0 spiro atoms. The number of nitrogens with zero attached hydrogens (tertiary/aromatic N) is 2. The second-order valence-electron chi connectivity index (χ2n) is 5.42. The summed E-state index contributed by atoms with van der Waals surface area (Å²) in [6.07, 6.45) is 1.09. The number of rotatable bonds is 6. The normalized spacial score (nSPS) is 12.6. The lowest BCUT2D eigenvalue weighted by Crippen LogP contribution is -2.25. The van der Waals surface area contributed by atoms with E-state index in [0.717, 1.165) is 35.8 Å². The van der Waals surface area contributed by atoms with E-state index < -0.39 is 0 Å². The largest absolute Gasteiger partial charge is 0.305 e. The molecule has 0 amide bonds. The van der Waals surface area contributed by atoms with Crippen LogP contribution >= 0.6 is 11.6 Å². The van der Waals surface area contributed by atoms with Crippen molar-refractivity contribution in [2.24, 2.45) is 0 Å². The summed E-state index contributed by atoms with van der Waals surface area (Å²) in [6, 6.07) is 8.58. The Balaban J connectivity index is 2.43. The summed E-state index contributed by atoms with van der Waals surface area (Å²) in [5.41, 5.74) is 4.54. The van der Waals surface area contributed by atoms with Gasteiger partial charge >= 0.3 is 0 Å². The van der Waals surface area contributed by atoms with Crippen molar-refractivity contribution in [3.8, 4) is 0 Å². The summed E-state index contributed by atoms with van der Waals surface area (Å²) in [7, 11) is 0. The van der Waals surface area contributed by atoms with E-state index in [1.807, 2.05) is 13.8 Å². The van der Waals surface area contributed by atoms with E-state index in [1.54, 1.807) is 0 Å². The van der Waals surface area contributed by atoms with Crippen molar-refractivity contribution in [1.82, 2.24) is 15.1 Å². The summed E-state index contributed by atoms with van der Waals surface area (Å²) in [4.78, 5) is 0. The number of nitrogens with one attached hydrogen (secondary N) is 1. The highest BCUT2D eigenvalue weighted by molar-refractivity contribution is 6.31. The molecule has 2 aromatic rings. The lowest BCUT2D eigenvalue weighted by molar-refractivity contribution is 0.529. The van der Waals surface area contributed by atoms with Gasteiger partial charge in [0.05, 0.1) is 17.4 Å². The average molecular weight is 306 g/mol. The molecule has 0 aliphatic carbocycles. The predicted octanol–water partition coefficient (Wildman–Crippen LogP) is 4.26. The Hall–Kier alpha value is -1.32. The Labute approximate surface area is 132 Å². The summed E-state index contributed by atoms with van der Waals surface area (Å²) in [5.74, 6) is 0. The predicted molar refractivity (Wildman–Crippen MR) is 89.0 cm³/mol. The molecule has 1 atom stereocenters. The van der Waals surface area contributed by atoms with Crippen LogP contribution in [-0.4, -0.2) is 16.3 Å². The molecule has 0 aliphatic heterocycles. The van der Waals surface area contributed by atoms with Crippen LogP contribution in [0.5, 0.6) is 0 Å². The summed E-state index contributed by atoms with van der Waals surface area (Å²) >= 11 is 6.31. The fourth-order valence-electron chi connectivity index (χ4n) is 2.52. The van der Waals surface area contributed by atoms with Crippen molar-refractivity contribution >= 4 is 11.6 Å². The summed E-state index contributed by atoms with van der Waals surface area (Å²) in [5, 5.41) is 9.00. The molecule has 0 saturated carbocycles. The molecule has 3 nitrogen and oxygen atoms in total. The second kappa shape index (κ2) is 7.10. The number of aryl methyl sites for hydroxylation is 3. The van der Waals surface area contributed by atoms with E-state index >= 15 is 0 Å². The minimum absolute atomic E-state index is 0.129. The van der Waals surface area contributed by atoms with E-state index in [1.165, 1.54) is 11.3 Å². The van der Waals surface area contributed by atoms with Crippen molar-refractivity contribution in [2.75, 3.05) is 6.54 Å². The minimum Gasteiger partial charge on any atom is -0.305 e. The molecular formula is C17H24ClN3. The van der Waals surface area contributed by atoms with Gasteiger partial charge in [0.25, 0.3) is 0 Å². The molecule has 1 heterocycles. The van der Waals surface area contributed by atoms with Crippen LogP contribution in [0.15, 0.2) is 24.3 Å². The van der Waals surface area contributed by atoms with Gasteiger partial charge in [0.15, 0.2) is 0 Å². The van der Waals surface area contributed by atoms with E-state index in [0.29, 0.717) is 0 Å². The Kier molecular flexibility index (Phi) is 5.43. The third-order valence-electron chi connectivity index (χ3n) is 3.66. The first kappa shape index (κ1) is 16.1. The Morgan fingerprint density at radius 2 is 2.00 bits per heavy atom. The molecular weight excluding hydrogens is 282 g/mol. The van der Waals surface area contributed by atoms with Gasteiger partial charge in [-0.25, -0.2) is 0 Å². The van der Waals surface area contributed by atoms with Gasteiger partial charge in [0, 0.05) is 11.6 Å². The fourth-order valence-corrected chi connectivity index (χ4v) is 2.71. The first-order chi connectivity index (χ1) is 10.1. The lowest BCUT2D eigenvalue weighted by atomic mass is 10.0. The third-order valence-corrected chi connectivity index (χ3v) is 4.06. The molecule has 0 aliphatic rings. The zero-order valence-electron chi connectivity index (χ0n) is 13.3. The van der Waals surface area contributed by atoms with Crippen molar-refractivity contribution in [1.29, 1.82) is 0 Å². The van der Waals surface area contributed by atoms with Crippen LogP contribution < -0.4 is 5.32 Å². The monoisotopic (exact) mass is 305 g/mol. The van der Waals surface area contributed by atoms with Crippen molar-refractivity contribution in [2.45, 2.75) is 46.7 Å². The van der Waals surface area contributed by atoms with Gasteiger partial charge in [-0.3, -0.25) is 4.68 Å². The fraction of sp³-hybridized carbons (Fsp3) is 0.471. The van der Waals surface area contributed by atoms with Crippen LogP contribution in [0.2, 0.25) is 5.02 Å². The first-order valence-electron chi connectivity index (χ1n) is 7.60. The molecule has 1 N–H and O–H groups in total. The van der Waals surface area contributed by atoms with E-state index in [-0.39, 0.29) is 6.04 Å². The molecule has 21 heavy (non-hydrogen) atoms. The molecule has 4 heteroatoms. The van der Waals surface area contributed by atoms with Gasteiger partial charge in [0.2, 0.25) is 0 Å². The Bertz CT molecular complexity index is 604. The van der Waals surface area contributed by atoms with Crippen LogP contribution in [0, 0.1) is 13.8 Å². The highest BCUT2D eigenvalue weighted by Crippen LogP contribution is 2.27. The van der Waals surface area contributed by atoms with Gasteiger partial charge in [-0.1, -0.05) is 30.7 Å². The van der Waals surface area contributed by atoms with Gasteiger partial charge in [-0.05, 0) is 57.0 Å². The van der Waals surface area contributed by atoms with Crippen LogP contribution in [0.4, 0.5) is 0 Å². The van der Waals surface area contributed by atoms with Gasteiger partial charge in [-0.15, -0.1) is 0 Å². The quantitative estimate of drug-likeness (QED) is 0.864. The summed E-state index contributed by atoms with van der Waals surface area (Å²) < 4.78 is 2.07. The summed E-state index contributed by atoms with van der Waals surface area (Å²) in [6.45, 7) is 10.2. The number of hydrogen-bond acceptors (Lipinski definition) is 2. The van der Waals surface area contributed by atoms with Crippen LogP contribution in [-0.2, 0) is 6.54 Å². The van der Waals surface area contributed by atoms with Crippen molar-refractivity contribution in [3.63, 3.8) is 0 Å². The molecule has 1 unspecified atom stereocenters. The van der Waals surface area contributed by atoms with E-state index in [9.17, 15) is 0 Å².